The lowest BCUT2D eigenvalue weighted by molar-refractivity contribution is -0.150. The fourth-order valence-electron chi connectivity index (χ4n) is 2.83. The first kappa shape index (κ1) is 15.7. The van der Waals surface area contributed by atoms with E-state index in [1.807, 2.05) is 30.3 Å². The van der Waals surface area contributed by atoms with Gasteiger partial charge in [0, 0.05) is 18.7 Å². The molecule has 2 aromatic rings. The van der Waals surface area contributed by atoms with Crippen LogP contribution in [0.5, 0.6) is 0 Å². The van der Waals surface area contributed by atoms with Crippen LogP contribution in [0.3, 0.4) is 0 Å². The number of carbonyl (C=O) groups is 2. The Morgan fingerprint density at radius 3 is 2.74 bits per heavy atom. The molecule has 120 valence electrons. The minimum Gasteiger partial charge on any atom is -0.481 e. The lowest BCUT2D eigenvalue weighted by atomic mass is 9.82. The number of aliphatic carboxylic acids is 1. The number of benzene rings is 1. The highest BCUT2D eigenvalue weighted by atomic mass is 32.1. The van der Waals surface area contributed by atoms with Gasteiger partial charge in [-0.05, 0) is 19.8 Å². The predicted octanol–water partition coefficient (Wildman–Crippen LogP) is 3.14. The summed E-state index contributed by atoms with van der Waals surface area (Å²) in [7, 11) is 0. The Kier molecular flexibility index (Phi) is 4.17. The first-order chi connectivity index (χ1) is 11.0. The number of thiazole rings is 1. The van der Waals surface area contributed by atoms with Gasteiger partial charge in [0.2, 0.25) is 0 Å². The van der Waals surface area contributed by atoms with E-state index in [0.29, 0.717) is 24.3 Å². The lowest BCUT2D eigenvalue weighted by Gasteiger charge is -2.37. The molecule has 1 aliphatic rings. The molecule has 3 rings (SSSR count). The molecule has 1 aromatic heterocycles. The van der Waals surface area contributed by atoms with Crippen LogP contribution in [-0.4, -0.2) is 40.0 Å². The third kappa shape index (κ3) is 3.12. The number of amides is 1. The van der Waals surface area contributed by atoms with Crippen molar-refractivity contribution < 1.29 is 14.7 Å². The van der Waals surface area contributed by atoms with Crippen LogP contribution in [-0.2, 0) is 4.79 Å². The highest BCUT2D eigenvalue weighted by Gasteiger charge is 2.39. The third-order valence-corrected chi connectivity index (χ3v) is 5.27. The largest absolute Gasteiger partial charge is 0.481 e. The van der Waals surface area contributed by atoms with Crippen LogP contribution in [0.4, 0.5) is 0 Å². The summed E-state index contributed by atoms with van der Waals surface area (Å²) in [4.78, 5) is 30.6. The SMILES string of the molecule is CC1(C(=O)O)CCCN(C(=O)c2cnc(-c3ccccc3)s2)C1. The van der Waals surface area contributed by atoms with Gasteiger partial charge in [-0.3, -0.25) is 9.59 Å². The molecule has 1 aromatic carbocycles. The van der Waals surface area contributed by atoms with Gasteiger partial charge in [-0.1, -0.05) is 30.3 Å². The van der Waals surface area contributed by atoms with E-state index in [2.05, 4.69) is 4.98 Å². The number of nitrogens with zero attached hydrogens (tertiary/aromatic N) is 2. The van der Waals surface area contributed by atoms with E-state index in [-0.39, 0.29) is 12.5 Å². The van der Waals surface area contributed by atoms with Gasteiger partial charge in [-0.15, -0.1) is 11.3 Å². The summed E-state index contributed by atoms with van der Waals surface area (Å²) >= 11 is 1.35. The monoisotopic (exact) mass is 330 g/mol. The molecule has 6 heteroatoms. The van der Waals surface area contributed by atoms with Crippen LogP contribution in [0, 0.1) is 5.41 Å². The summed E-state index contributed by atoms with van der Waals surface area (Å²) in [6, 6.07) is 9.71. The van der Waals surface area contributed by atoms with Crippen molar-refractivity contribution in [1.82, 2.24) is 9.88 Å². The zero-order valence-electron chi connectivity index (χ0n) is 12.9. The van der Waals surface area contributed by atoms with Gasteiger partial charge in [0.05, 0.1) is 11.6 Å². The normalized spacial score (nSPS) is 21.2. The highest BCUT2D eigenvalue weighted by molar-refractivity contribution is 7.16. The molecule has 2 heterocycles. The van der Waals surface area contributed by atoms with Gasteiger partial charge in [-0.2, -0.15) is 0 Å². The maximum atomic E-state index is 12.7. The minimum atomic E-state index is -0.860. The number of rotatable bonds is 3. The molecule has 1 unspecified atom stereocenters. The van der Waals surface area contributed by atoms with Crippen LogP contribution >= 0.6 is 11.3 Å². The highest BCUT2D eigenvalue weighted by Crippen LogP contribution is 2.32. The van der Waals surface area contributed by atoms with Crippen LogP contribution in [0.25, 0.3) is 10.6 Å². The van der Waals surface area contributed by atoms with Crippen LogP contribution in [0.2, 0.25) is 0 Å². The summed E-state index contributed by atoms with van der Waals surface area (Å²) < 4.78 is 0. The molecule has 23 heavy (non-hydrogen) atoms. The molecule has 1 amide bonds. The number of piperidine rings is 1. The lowest BCUT2D eigenvalue weighted by Crippen LogP contribution is -2.48. The van der Waals surface area contributed by atoms with Crippen LogP contribution in [0.15, 0.2) is 36.5 Å². The van der Waals surface area contributed by atoms with E-state index < -0.39 is 11.4 Å². The zero-order chi connectivity index (χ0) is 16.4. The number of hydrogen-bond donors (Lipinski definition) is 1. The van der Waals surface area contributed by atoms with Gasteiger partial charge < -0.3 is 10.0 Å². The average molecular weight is 330 g/mol. The average Bonchev–Trinajstić information content (AvgIpc) is 3.05. The Morgan fingerprint density at radius 1 is 1.30 bits per heavy atom. The van der Waals surface area contributed by atoms with E-state index in [0.717, 1.165) is 10.6 Å². The van der Waals surface area contributed by atoms with Crippen molar-refractivity contribution in [2.75, 3.05) is 13.1 Å². The molecule has 1 aliphatic heterocycles. The molecule has 1 N–H and O–H groups in total. The molecule has 1 saturated heterocycles. The molecule has 0 radical (unpaired) electrons. The Labute approximate surface area is 138 Å². The van der Waals surface area contributed by atoms with Gasteiger partial charge in [0.25, 0.3) is 5.91 Å². The van der Waals surface area contributed by atoms with Gasteiger partial charge in [-0.25, -0.2) is 4.98 Å². The number of aromatic nitrogens is 1. The molecule has 0 bridgehead atoms. The number of carbonyl (C=O) groups excluding carboxylic acids is 1. The van der Waals surface area contributed by atoms with Gasteiger partial charge in [0.15, 0.2) is 0 Å². The third-order valence-electron chi connectivity index (χ3n) is 4.24. The Hall–Kier alpha value is -2.21. The van der Waals surface area contributed by atoms with Crippen molar-refractivity contribution in [1.29, 1.82) is 0 Å². The quantitative estimate of drug-likeness (QED) is 0.938. The van der Waals surface area contributed by atoms with E-state index in [4.69, 9.17) is 0 Å². The molecular weight excluding hydrogens is 312 g/mol. The maximum absolute atomic E-state index is 12.7. The standard InChI is InChI=1S/C17H18N2O3S/c1-17(16(21)22)8-5-9-19(11-17)15(20)13-10-18-14(23-13)12-6-3-2-4-7-12/h2-4,6-7,10H,5,8-9,11H2,1H3,(H,21,22). The second-order valence-electron chi connectivity index (χ2n) is 6.09. The molecule has 5 nitrogen and oxygen atoms in total. The van der Waals surface area contributed by atoms with E-state index in [9.17, 15) is 14.7 Å². The van der Waals surface area contributed by atoms with E-state index in [1.165, 1.54) is 11.3 Å². The first-order valence-corrected chi connectivity index (χ1v) is 8.35. The van der Waals surface area contributed by atoms with Crippen LogP contribution < -0.4 is 0 Å². The topological polar surface area (TPSA) is 70.5 Å². The van der Waals surface area contributed by atoms with Crippen molar-refractivity contribution in [2.24, 2.45) is 5.41 Å². The summed E-state index contributed by atoms with van der Waals surface area (Å²) in [5.41, 5.74) is 0.117. The number of likely N-dealkylation sites (tertiary alicyclic amines) is 1. The summed E-state index contributed by atoms with van der Waals surface area (Å²) in [5, 5.41) is 10.2. The number of carboxylic acids is 1. The Bertz CT molecular complexity index is 728. The van der Waals surface area contributed by atoms with Gasteiger partial charge >= 0.3 is 5.97 Å². The number of hydrogen-bond acceptors (Lipinski definition) is 4. The molecule has 0 aliphatic carbocycles. The van der Waals surface area contributed by atoms with Crippen molar-refractivity contribution in [3.05, 3.63) is 41.4 Å². The molecular formula is C17H18N2O3S. The Balaban J connectivity index is 1.79. The number of carboxylic acid groups (broad SMARTS) is 1. The van der Waals surface area contributed by atoms with Crippen molar-refractivity contribution in [3.8, 4) is 10.6 Å². The minimum absolute atomic E-state index is 0.128. The first-order valence-electron chi connectivity index (χ1n) is 7.53. The molecule has 0 saturated carbocycles. The Morgan fingerprint density at radius 2 is 2.04 bits per heavy atom. The van der Waals surface area contributed by atoms with Crippen molar-refractivity contribution >= 4 is 23.2 Å². The zero-order valence-corrected chi connectivity index (χ0v) is 13.7. The van der Waals surface area contributed by atoms with Crippen molar-refractivity contribution in [2.45, 2.75) is 19.8 Å². The van der Waals surface area contributed by atoms with Crippen molar-refractivity contribution in [3.63, 3.8) is 0 Å². The van der Waals surface area contributed by atoms with E-state index >= 15 is 0 Å². The second-order valence-corrected chi connectivity index (χ2v) is 7.12. The molecule has 0 spiro atoms. The molecule has 1 atom stereocenters. The summed E-state index contributed by atoms with van der Waals surface area (Å²) in [5.74, 6) is -0.971. The maximum Gasteiger partial charge on any atom is 0.311 e. The smallest absolute Gasteiger partial charge is 0.311 e. The predicted molar refractivity (Wildman–Crippen MR) is 88.4 cm³/mol. The van der Waals surface area contributed by atoms with Gasteiger partial charge in [0.1, 0.15) is 9.88 Å². The summed E-state index contributed by atoms with van der Waals surface area (Å²) in [6.07, 6.45) is 2.89. The summed E-state index contributed by atoms with van der Waals surface area (Å²) in [6.45, 7) is 2.55. The van der Waals surface area contributed by atoms with E-state index in [1.54, 1.807) is 18.0 Å². The molecule has 1 fully saturated rings. The van der Waals surface area contributed by atoms with Crippen LogP contribution in [0.1, 0.15) is 29.4 Å². The second kappa shape index (κ2) is 6.12. The fourth-order valence-corrected chi connectivity index (χ4v) is 3.72. The fraction of sp³-hybridized carbons (Fsp3) is 0.353.